The van der Waals surface area contributed by atoms with E-state index >= 15 is 0 Å². The van der Waals surface area contributed by atoms with Crippen LogP contribution in [0.25, 0.3) is 0 Å². The summed E-state index contributed by atoms with van der Waals surface area (Å²) in [5.41, 5.74) is 2.02. The van der Waals surface area contributed by atoms with Crippen LogP contribution in [0.2, 0.25) is 0 Å². The Hall–Kier alpha value is -1.78. The number of hydrogen-bond acceptors (Lipinski definition) is 9. The number of esters is 2. The van der Waals surface area contributed by atoms with Gasteiger partial charge < -0.3 is 34.3 Å². The highest BCUT2D eigenvalue weighted by molar-refractivity contribution is 5.75. The lowest BCUT2D eigenvalue weighted by molar-refractivity contribution is -0.316. The average molecular weight is 453 g/mol. The van der Waals surface area contributed by atoms with Gasteiger partial charge in [-0.25, -0.2) is 0 Å². The van der Waals surface area contributed by atoms with Crippen LogP contribution in [0.3, 0.4) is 0 Å². The third-order valence-corrected chi connectivity index (χ3v) is 7.46. The van der Waals surface area contributed by atoms with Crippen molar-refractivity contribution >= 4 is 11.9 Å². The molecular formula is C23H32O9. The molecule has 2 saturated heterocycles. The second kappa shape index (κ2) is 8.87. The summed E-state index contributed by atoms with van der Waals surface area (Å²) in [7, 11) is 0. The van der Waals surface area contributed by atoms with E-state index in [1.54, 1.807) is 6.92 Å². The highest BCUT2D eigenvalue weighted by atomic mass is 16.7. The molecule has 11 atom stereocenters. The molecular weight excluding hydrogens is 420 g/mol. The van der Waals surface area contributed by atoms with Crippen LogP contribution in [-0.2, 0) is 28.5 Å². The predicted octanol–water partition coefficient (Wildman–Crippen LogP) is 0.462. The van der Waals surface area contributed by atoms with E-state index in [-0.39, 0.29) is 30.3 Å². The molecule has 32 heavy (non-hydrogen) atoms. The van der Waals surface area contributed by atoms with Gasteiger partial charge in [0, 0.05) is 18.8 Å². The van der Waals surface area contributed by atoms with Crippen molar-refractivity contribution in [2.45, 2.75) is 76.0 Å². The van der Waals surface area contributed by atoms with E-state index < -0.39 is 54.8 Å². The number of fused-ring (bicyclic) bond motifs is 3. The molecule has 9 heteroatoms. The van der Waals surface area contributed by atoms with Crippen molar-refractivity contribution in [1.82, 2.24) is 0 Å². The van der Waals surface area contributed by atoms with Gasteiger partial charge in [-0.1, -0.05) is 31.2 Å². The quantitative estimate of drug-likeness (QED) is 0.411. The first kappa shape index (κ1) is 23.4. The Bertz CT molecular complexity index is 794. The van der Waals surface area contributed by atoms with Crippen LogP contribution < -0.4 is 0 Å². The van der Waals surface area contributed by atoms with Crippen molar-refractivity contribution in [2.75, 3.05) is 6.61 Å². The molecule has 2 saturated carbocycles. The number of hydrogen-bond donors (Lipinski definition) is 3. The van der Waals surface area contributed by atoms with E-state index in [0.717, 1.165) is 24.0 Å². The van der Waals surface area contributed by atoms with Crippen molar-refractivity contribution in [3.8, 4) is 0 Å². The zero-order chi connectivity index (χ0) is 23.3. The molecule has 0 aromatic heterocycles. The Morgan fingerprint density at radius 2 is 1.88 bits per heavy atom. The summed E-state index contributed by atoms with van der Waals surface area (Å²) < 4.78 is 22.6. The van der Waals surface area contributed by atoms with Crippen molar-refractivity contribution in [1.29, 1.82) is 0 Å². The molecule has 0 radical (unpaired) electrons. The summed E-state index contributed by atoms with van der Waals surface area (Å²) in [4.78, 5) is 23.7. The summed E-state index contributed by atoms with van der Waals surface area (Å²) in [6, 6.07) is 0. The molecule has 4 aliphatic rings. The van der Waals surface area contributed by atoms with Crippen LogP contribution >= 0.6 is 0 Å². The van der Waals surface area contributed by atoms with E-state index in [1.165, 1.54) is 6.92 Å². The van der Waals surface area contributed by atoms with Gasteiger partial charge in [0.1, 0.15) is 37.1 Å². The van der Waals surface area contributed by atoms with Gasteiger partial charge in [0.05, 0.1) is 12.0 Å². The highest BCUT2D eigenvalue weighted by Crippen LogP contribution is 2.53. The zero-order valence-corrected chi connectivity index (χ0v) is 18.4. The van der Waals surface area contributed by atoms with Crippen molar-refractivity contribution in [3.05, 3.63) is 24.3 Å². The lowest BCUT2D eigenvalue weighted by atomic mass is 9.79. The molecule has 2 aliphatic heterocycles. The fourth-order valence-corrected chi connectivity index (χ4v) is 5.72. The summed E-state index contributed by atoms with van der Waals surface area (Å²) in [5, 5.41) is 31.1. The lowest BCUT2D eigenvalue weighted by Crippen LogP contribution is -2.60. The van der Waals surface area contributed by atoms with Gasteiger partial charge in [0.2, 0.25) is 0 Å². The van der Waals surface area contributed by atoms with Crippen LogP contribution in [-0.4, -0.2) is 76.8 Å². The molecule has 1 unspecified atom stereocenters. The molecule has 2 aliphatic carbocycles. The van der Waals surface area contributed by atoms with Crippen LogP contribution in [0.15, 0.2) is 24.3 Å². The summed E-state index contributed by atoms with van der Waals surface area (Å²) in [6.45, 7) is 11.2. The summed E-state index contributed by atoms with van der Waals surface area (Å²) in [5.74, 6) is -1.48. The third-order valence-electron chi connectivity index (χ3n) is 7.46. The second-order valence-electron chi connectivity index (χ2n) is 9.45. The Labute approximate surface area is 187 Å². The first-order valence-corrected chi connectivity index (χ1v) is 11.1. The van der Waals surface area contributed by atoms with E-state index in [9.17, 15) is 24.9 Å². The highest BCUT2D eigenvalue weighted by Gasteiger charge is 2.57. The SMILES string of the molecule is C=C1CC[C@H]2C(=C)C[C@H](O[C@@H]3O[C@H](COC(C)=O)[C@@H](O)[C@H](O)[C@H]3O)C3[C@H](C)C(=O)O[C@@H]3[C@@H]12. The smallest absolute Gasteiger partial charge is 0.309 e. The lowest BCUT2D eigenvalue weighted by Gasteiger charge is -2.42. The number of ether oxygens (including phenoxy) is 4. The number of carbonyl (C=O) groups excluding carboxylic acids is 2. The molecule has 0 spiro atoms. The standard InChI is InChI=1S/C23H32O9/c1-9-5-6-13-10(2)7-14(17-11(3)22(28)32-21(17)16(9)13)30-23-20(27)19(26)18(25)15(31-23)8-29-12(4)24/h11,13-21,23,25-27H,1-2,5-8H2,3-4H3/t11-,13-,14-,15+,16-,17?,18+,19-,20+,21+,23+/m0/s1. The monoisotopic (exact) mass is 452 g/mol. The molecule has 0 bridgehead atoms. The minimum Gasteiger partial charge on any atom is -0.463 e. The maximum atomic E-state index is 12.5. The molecule has 178 valence electrons. The maximum absolute atomic E-state index is 12.5. The maximum Gasteiger partial charge on any atom is 0.309 e. The summed E-state index contributed by atoms with van der Waals surface area (Å²) >= 11 is 0. The average Bonchev–Trinajstić information content (AvgIpc) is 3.22. The van der Waals surface area contributed by atoms with Gasteiger partial charge in [-0.3, -0.25) is 9.59 Å². The molecule has 2 heterocycles. The molecule has 3 N–H and O–H groups in total. The van der Waals surface area contributed by atoms with Gasteiger partial charge in [0.25, 0.3) is 0 Å². The van der Waals surface area contributed by atoms with Gasteiger partial charge in [-0.15, -0.1) is 0 Å². The van der Waals surface area contributed by atoms with E-state index in [0.29, 0.717) is 6.42 Å². The van der Waals surface area contributed by atoms with E-state index in [4.69, 9.17) is 18.9 Å². The largest absolute Gasteiger partial charge is 0.463 e. The van der Waals surface area contributed by atoms with Crippen molar-refractivity contribution < 1.29 is 43.9 Å². The Morgan fingerprint density at radius 1 is 1.16 bits per heavy atom. The molecule has 4 fully saturated rings. The minimum atomic E-state index is -1.56. The normalized spacial score (nSPS) is 46.3. The molecule has 9 nitrogen and oxygen atoms in total. The second-order valence-corrected chi connectivity index (χ2v) is 9.45. The fraction of sp³-hybridized carbons (Fsp3) is 0.739. The van der Waals surface area contributed by atoms with Crippen LogP contribution in [0.1, 0.15) is 33.1 Å². The van der Waals surface area contributed by atoms with E-state index in [1.807, 2.05) is 0 Å². The first-order chi connectivity index (χ1) is 15.1. The molecule has 4 rings (SSSR count). The van der Waals surface area contributed by atoms with Gasteiger partial charge in [0.15, 0.2) is 6.29 Å². The van der Waals surface area contributed by atoms with Crippen LogP contribution in [0.4, 0.5) is 0 Å². The fourth-order valence-electron chi connectivity index (χ4n) is 5.72. The van der Waals surface area contributed by atoms with Crippen LogP contribution in [0, 0.1) is 23.7 Å². The topological polar surface area (TPSA) is 132 Å². The van der Waals surface area contributed by atoms with Crippen LogP contribution in [0.5, 0.6) is 0 Å². The van der Waals surface area contributed by atoms with Gasteiger partial charge in [-0.05, 0) is 25.2 Å². The van der Waals surface area contributed by atoms with Gasteiger partial charge >= 0.3 is 11.9 Å². The molecule has 0 aromatic carbocycles. The Morgan fingerprint density at radius 3 is 2.56 bits per heavy atom. The predicted molar refractivity (Wildman–Crippen MR) is 110 cm³/mol. The van der Waals surface area contributed by atoms with Gasteiger partial charge in [-0.2, -0.15) is 0 Å². The third kappa shape index (κ3) is 4.01. The minimum absolute atomic E-state index is 0.0173. The Balaban J connectivity index is 1.57. The summed E-state index contributed by atoms with van der Waals surface area (Å²) in [6.07, 6.45) is -5.70. The Kier molecular flexibility index (Phi) is 6.48. The molecule has 0 amide bonds. The van der Waals surface area contributed by atoms with E-state index in [2.05, 4.69) is 13.2 Å². The zero-order valence-electron chi connectivity index (χ0n) is 18.4. The van der Waals surface area contributed by atoms with Crippen molar-refractivity contribution in [2.24, 2.45) is 23.7 Å². The van der Waals surface area contributed by atoms with Crippen molar-refractivity contribution in [3.63, 3.8) is 0 Å². The number of aliphatic hydroxyl groups is 3. The number of carbonyl (C=O) groups is 2. The number of rotatable bonds is 4. The first-order valence-electron chi connectivity index (χ1n) is 11.1. The number of aliphatic hydroxyl groups excluding tert-OH is 3. The molecule has 0 aromatic rings.